The Bertz CT molecular complexity index is 911. The molecular weight excluding hydrogens is 334 g/mol. The molecule has 1 amide bonds. The number of nitrogens with one attached hydrogen (secondary N) is 1. The maximum absolute atomic E-state index is 12.7. The topological polar surface area (TPSA) is 63.1 Å². The van der Waals surface area contributed by atoms with Crippen molar-refractivity contribution in [1.82, 2.24) is 24.8 Å². The summed E-state index contributed by atoms with van der Waals surface area (Å²) in [4.78, 5) is 23.6. The van der Waals surface area contributed by atoms with Gasteiger partial charge in [0.15, 0.2) is 0 Å². The fraction of sp³-hybridized carbons (Fsp3) is 0.389. The van der Waals surface area contributed by atoms with E-state index in [1.54, 1.807) is 30.1 Å². The lowest BCUT2D eigenvalue weighted by atomic mass is 9.84. The number of amides is 1. The predicted octanol–water partition coefficient (Wildman–Crippen LogP) is 2.31. The highest BCUT2D eigenvalue weighted by Gasteiger charge is 2.35. The molecule has 0 saturated carbocycles. The van der Waals surface area contributed by atoms with Crippen molar-refractivity contribution in [3.63, 3.8) is 0 Å². The Morgan fingerprint density at radius 2 is 2.16 bits per heavy atom. The SMILES string of the molecule is O=C(NC1CN2CCC1CC2)c1cc2sc(-n3ccnc3)cc2cn1. The summed E-state index contributed by atoms with van der Waals surface area (Å²) in [7, 11) is 0. The zero-order chi connectivity index (χ0) is 16.8. The molecule has 0 aromatic carbocycles. The second kappa shape index (κ2) is 5.93. The molecule has 1 N–H and O–H groups in total. The first-order valence-electron chi connectivity index (χ1n) is 8.67. The van der Waals surface area contributed by atoms with E-state index in [-0.39, 0.29) is 11.9 Å². The van der Waals surface area contributed by atoms with Crippen LogP contribution in [0.2, 0.25) is 0 Å². The minimum Gasteiger partial charge on any atom is -0.346 e. The highest BCUT2D eigenvalue weighted by molar-refractivity contribution is 7.21. The molecule has 6 rings (SSSR count). The van der Waals surface area contributed by atoms with Gasteiger partial charge in [0, 0.05) is 41.3 Å². The quantitative estimate of drug-likeness (QED) is 0.785. The fourth-order valence-electron chi connectivity index (χ4n) is 3.93. The summed E-state index contributed by atoms with van der Waals surface area (Å²) in [5, 5.41) is 5.33. The van der Waals surface area contributed by atoms with E-state index in [4.69, 9.17) is 0 Å². The van der Waals surface area contributed by atoms with Crippen molar-refractivity contribution in [1.29, 1.82) is 0 Å². The summed E-state index contributed by atoms with van der Waals surface area (Å²) in [5.41, 5.74) is 0.503. The monoisotopic (exact) mass is 353 g/mol. The summed E-state index contributed by atoms with van der Waals surface area (Å²) in [5.74, 6) is 0.561. The standard InChI is InChI=1S/C18H19N5OS/c24-18(21-15-10-22-4-1-12(15)2-5-22)14-8-16-13(9-20-14)7-17(25-16)23-6-3-19-11-23/h3,6-9,11-12,15H,1-2,4-5,10H2,(H,21,24). The summed E-state index contributed by atoms with van der Waals surface area (Å²) in [6.45, 7) is 3.32. The highest BCUT2D eigenvalue weighted by atomic mass is 32.1. The molecule has 128 valence electrons. The minimum absolute atomic E-state index is 0.0572. The zero-order valence-corrected chi connectivity index (χ0v) is 14.6. The molecule has 3 aliphatic rings. The van der Waals surface area contributed by atoms with Crippen molar-refractivity contribution in [3.8, 4) is 5.00 Å². The van der Waals surface area contributed by atoms with Gasteiger partial charge in [0.05, 0.1) is 6.33 Å². The molecule has 1 atom stereocenters. The van der Waals surface area contributed by atoms with Crippen molar-refractivity contribution in [2.75, 3.05) is 19.6 Å². The molecule has 0 spiro atoms. The van der Waals surface area contributed by atoms with E-state index in [2.05, 4.69) is 26.3 Å². The van der Waals surface area contributed by atoms with Crippen LogP contribution in [0, 0.1) is 5.92 Å². The Kier molecular flexibility index (Phi) is 3.57. The van der Waals surface area contributed by atoms with Crippen molar-refractivity contribution in [2.45, 2.75) is 18.9 Å². The largest absolute Gasteiger partial charge is 0.346 e. The fourth-order valence-corrected chi connectivity index (χ4v) is 4.96. The van der Waals surface area contributed by atoms with E-state index in [0.717, 1.165) is 21.6 Å². The Hall–Kier alpha value is -2.25. The third-order valence-electron chi connectivity index (χ3n) is 5.35. The van der Waals surface area contributed by atoms with Gasteiger partial charge in [-0.3, -0.25) is 14.3 Å². The third kappa shape index (κ3) is 2.73. The molecule has 3 aromatic rings. The molecule has 0 radical (unpaired) electrons. The smallest absolute Gasteiger partial charge is 0.270 e. The number of rotatable bonds is 3. The average Bonchev–Trinajstić information content (AvgIpc) is 3.31. The predicted molar refractivity (Wildman–Crippen MR) is 97.2 cm³/mol. The van der Waals surface area contributed by atoms with Gasteiger partial charge in [-0.1, -0.05) is 0 Å². The van der Waals surface area contributed by atoms with E-state index in [9.17, 15) is 4.79 Å². The normalized spacial score (nSPS) is 25.4. The van der Waals surface area contributed by atoms with Crippen LogP contribution in [0.3, 0.4) is 0 Å². The number of aromatic nitrogens is 3. The molecule has 0 aliphatic carbocycles. The maximum atomic E-state index is 12.7. The van der Waals surface area contributed by atoms with Crippen LogP contribution in [-0.4, -0.2) is 51.0 Å². The van der Waals surface area contributed by atoms with Crippen LogP contribution >= 0.6 is 11.3 Å². The van der Waals surface area contributed by atoms with Gasteiger partial charge in [0.1, 0.15) is 10.7 Å². The molecule has 3 aromatic heterocycles. The van der Waals surface area contributed by atoms with Gasteiger partial charge < -0.3 is 10.2 Å². The molecule has 6 nitrogen and oxygen atoms in total. The molecule has 7 heteroatoms. The van der Waals surface area contributed by atoms with E-state index in [0.29, 0.717) is 11.6 Å². The lowest BCUT2D eigenvalue weighted by Gasteiger charge is -2.44. The zero-order valence-electron chi connectivity index (χ0n) is 13.8. The van der Waals surface area contributed by atoms with Gasteiger partial charge >= 0.3 is 0 Å². The van der Waals surface area contributed by atoms with Crippen molar-refractivity contribution < 1.29 is 4.79 Å². The number of nitrogens with zero attached hydrogens (tertiary/aromatic N) is 4. The van der Waals surface area contributed by atoms with Crippen molar-refractivity contribution in [2.24, 2.45) is 5.92 Å². The Balaban J connectivity index is 1.38. The Labute approximate surface area is 149 Å². The first kappa shape index (κ1) is 15.0. The molecule has 2 bridgehead atoms. The highest BCUT2D eigenvalue weighted by Crippen LogP contribution is 2.29. The molecule has 1 unspecified atom stereocenters. The molecule has 3 saturated heterocycles. The van der Waals surface area contributed by atoms with Crippen molar-refractivity contribution >= 4 is 27.3 Å². The first-order chi connectivity index (χ1) is 12.3. The average molecular weight is 353 g/mol. The van der Waals surface area contributed by atoms with Crippen LogP contribution in [0.1, 0.15) is 23.3 Å². The molecule has 3 aliphatic heterocycles. The summed E-state index contributed by atoms with van der Waals surface area (Å²) >= 11 is 1.64. The number of hydrogen-bond donors (Lipinski definition) is 1. The number of thiophene rings is 1. The van der Waals surface area contributed by atoms with Gasteiger partial charge in [-0.05, 0) is 44.0 Å². The van der Waals surface area contributed by atoms with E-state index in [1.807, 2.05) is 16.8 Å². The molecule has 3 fully saturated rings. The van der Waals surface area contributed by atoms with E-state index in [1.165, 1.54) is 25.9 Å². The number of hydrogen-bond acceptors (Lipinski definition) is 5. The lowest BCUT2D eigenvalue weighted by molar-refractivity contribution is 0.0618. The van der Waals surface area contributed by atoms with Crippen LogP contribution in [-0.2, 0) is 0 Å². The number of carbonyl (C=O) groups is 1. The van der Waals surface area contributed by atoms with Crippen LogP contribution in [0.4, 0.5) is 0 Å². The maximum Gasteiger partial charge on any atom is 0.270 e. The number of piperidine rings is 3. The summed E-state index contributed by atoms with van der Waals surface area (Å²) in [6.07, 6.45) is 9.62. The van der Waals surface area contributed by atoms with Crippen LogP contribution in [0.25, 0.3) is 15.1 Å². The lowest BCUT2D eigenvalue weighted by Crippen LogP contribution is -2.57. The molecule has 6 heterocycles. The Morgan fingerprint density at radius 3 is 2.88 bits per heavy atom. The minimum atomic E-state index is -0.0572. The van der Waals surface area contributed by atoms with Gasteiger partial charge in [-0.2, -0.15) is 0 Å². The Morgan fingerprint density at radius 1 is 1.28 bits per heavy atom. The number of pyridine rings is 1. The number of imidazole rings is 1. The second-order valence-corrected chi connectivity index (χ2v) is 7.94. The number of carbonyl (C=O) groups excluding carboxylic acids is 1. The van der Waals surface area contributed by atoms with Gasteiger partial charge in [0.25, 0.3) is 5.91 Å². The van der Waals surface area contributed by atoms with Crippen LogP contribution < -0.4 is 5.32 Å². The first-order valence-corrected chi connectivity index (χ1v) is 9.49. The third-order valence-corrected chi connectivity index (χ3v) is 6.46. The summed E-state index contributed by atoms with van der Waals surface area (Å²) < 4.78 is 3.04. The van der Waals surface area contributed by atoms with Gasteiger partial charge in [-0.15, -0.1) is 11.3 Å². The van der Waals surface area contributed by atoms with Gasteiger partial charge in [0.2, 0.25) is 0 Å². The molecule has 25 heavy (non-hydrogen) atoms. The second-order valence-electron chi connectivity index (χ2n) is 6.88. The summed E-state index contributed by atoms with van der Waals surface area (Å²) in [6, 6.07) is 4.23. The van der Waals surface area contributed by atoms with Crippen LogP contribution in [0.5, 0.6) is 0 Å². The number of fused-ring (bicyclic) bond motifs is 4. The van der Waals surface area contributed by atoms with Gasteiger partial charge in [-0.25, -0.2) is 4.98 Å². The van der Waals surface area contributed by atoms with E-state index >= 15 is 0 Å². The van der Waals surface area contributed by atoms with E-state index < -0.39 is 0 Å². The van der Waals surface area contributed by atoms with Crippen molar-refractivity contribution in [3.05, 3.63) is 42.7 Å². The molecular formula is C18H19N5OS. The van der Waals surface area contributed by atoms with Crippen LogP contribution in [0.15, 0.2) is 37.1 Å².